The zero-order valence-corrected chi connectivity index (χ0v) is 9.19. The molecule has 0 aliphatic carbocycles. The van der Waals surface area contributed by atoms with E-state index in [-0.39, 0.29) is 13.4 Å². The topological polar surface area (TPSA) is 26.3 Å². The van der Waals surface area contributed by atoms with E-state index in [0.717, 1.165) is 5.56 Å². The van der Waals surface area contributed by atoms with Crippen molar-refractivity contribution in [2.75, 3.05) is 0 Å². The molecule has 1 aromatic carbocycles. The summed E-state index contributed by atoms with van der Waals surface area (Å²) in [7, 11) is 0. The van der Waals surface area contributed by atoms with E-state index >= 15 is 0 Å². The lowest BCUT2D eigenvalue weighted by Crippen LogP contribution is -2.23. The van der Waals surface area contributed by atoms with Crippen LogP contribution in [-0.4, -0.2) is 5.97 Å². The minimum absolute atomic E-state index is 0. The fourth-order valence-electron chi connectivity index (χ4n) is 0.992. The zero-order valence-electron chi connectivity index (χ0n) is 9.19. The van der Waals surface area contributed by atoms with Crippen molar-refractivity contribution in [3.05, 3.63) is 48.6 Å². The van der Waals surface area contributed by atoms with E-state index in [2.05, 4.69) is 6.58 Å². The van der Waals surface area contributed by atoms with Gasteiger partial charge in [0.1, 0.15) is 6.61 Å². The summed E-state index contributed by atoms with van der Waals surface area (Å²) in [5.41, 5.74) is 0.375. The quantitative estimate of drug-likeness (QED) is 0.572. The summed E-state index contributed by atoms with van der Waals surface area (Å²) in [6, 6.07) is 9.62. The van der Waals surface area contributed by atoms with Crippen LogP contribution in [0.2, 0.25) is 0 Å². The molecule has 0 fully saturated rings. The van der Waals surface area contributed by atoms with Crippen molar-refractivity contribution in [3.63, 3.8) is 0 Å². The maximum absolute atomic E-state index is 11.6. The molecule has 0 heterocycles. The molecule has 1 aromatic rings. The van der Waals surface area contributed by atoms with Crippen LogP contribution in [0.25, 0.3) is 0 Å². The summed E-state index contributed by atoms with van der Waals surface area (Å²) in [5.74, 6) is -0.249. The Morgan fingerprint density at radius 1 is 1.38 bits per heavy atom. The van der Waals surface area contributed by atoms with Crippen molar-refractivity contribution in [1.82, 2.24) is 0 Å². The van der Waals surface area contributed by atoms with Gasteiger partial charge in [0.2, 0.25) is 0 Å². The number of esters is 1. The second-order valence-corrected chi connectivity index (χ2v) is 3.99. The lowest BCUT2D eigenvalue weighted by atomic mass is 9.94. The highest BCUT2D eigenvalue weighted by atomic mass is 16.5. The van der Waals surface area contributed by atoms with Crippen molar-refractivity contribution in [2.45, 2.75) is 27.9 Å². The molecule has 0 spiro atoms. The van der Waals surface area contributed by atoms with Crippen molar-refractivity contribution >= 4 is 5.97 Å². The van der Waals surface area contributed by atoms with Gasteiger partial charge in [-0.15, -0.1) is 6.58 Å². The normalized spacial score (nSPS) is 10.1. The highest BCUT2D eigenvalue weighted by Gasteiger charge is 2.25. The number of rotatable bonds is 4. The number of ether oxygens (including phenoxy) is 1. The molecule has 0 saturated heterocycles. The van der Waals surface area contributed by atoms with Crippen LogP contribution in [0.3, 0.4) is 0 Å². The van der Waals surface area contributed by atoms with Crippen LogP contribution in [0.1, 0.15) is 26.8 Å². The highest BCUT2D eigenvalue weighted by Crippen LogP contribution is 2.18. The van der Waals surface area contributed by atoms with Crippen LogP contribution in [-0.2, 0) is 16.1 Å². The highest BCUT2D eigenvalue weighted by molar-refractivity contribution is 5.77. The van der Waals surface area contributed by atoms with Gasteiger partial charge in [-0.2, -0.15) is 0 Å². The molecule has 2 nitrogen and oxygen atoms in total. The number of carbonyl (C=O) groups is 1. The largest absolute Gasteiger partial charge is 0.460 e. The molecule has 0 aromatic heterocycles. The summed E-state index contributed by atoms with van der Waals surface area (Å²) >= 11 is 0. The molecule has 1 rings (SSSR count). The Bertz CT molecular complexity index is 339. The van der Waals surface area contributed by atoms with Gasteiger partial charge in [-0.1, -0.05) is 43.8 Å². The molecule has 0 aliphatic heterocycles. The van der Waals surface area contributed by atoms with Crippen LogP contribution < -0.4 is 0 Å². The fraction of sp³-hybridized carbons (Fsp3) is 0.357. The first-order chi connectivity index (χ1) is 7.06. The van der Waals surface area contributed by atoms with Crippen LogP contribution in [0.5, 0.6) is 0 Å². The van der Waals surface area contributed by atoms with Gasteiger partial charge in [-0.05, 0) is 19.4 Å². The summed E-state index contributed by atoms with van der Waals surface area (Å²) in [6.45, 7) is 7.49. The summed E-state index contributed by atoms with van der Waals surface area (Å²) < 4.78 is 5.17. The first kappa shape index (κ1) is 14.4. The van der Waals surface area contributed by atoms with Gasteiger partial charge < -0.3 is 4.74 Å². The third-order valence-corrected chi connectivity index (χ3v) is 2.25. The molecule has 0 unspecified atom stereocenters. The molecule has 0 radical (unpaired) electrons. The second-order valence-electron chi connectivity index (χ2n) is 3.99. The Kier molecular flexibility index (Phi) is 5.51. The molecular weight excluding hydrogens is 200 g/mol. The van der Waals surface area contributed by atoms with Gasteiger partial charge in [0, 0.05) is 0 Å². The molecule has 0 atom stereocenters. The standard InChI is InChI=1S/C13H16O2.CH4/c1-4-13(2,3)12(14)15-10-11-8-6-5-7-9-11;/h4-9H,1,10H2,2-3H3;1H4. The van der Waals surface area contributed by atoms with Gasteiger partial charge in [-0.3, -0.25) is 4.79 Å². The minimum Gasteiger partial charge on any atom is -0.460 e. The molecule has 16 heavy (non-hydrogen) atoms. The van der Waals surface area contributed by atoms with E-state index in [0.29, 0.717) is 6.61 Å². The van der Waals surface area contributed by atoms with Crippen LogP contribution in [0, 0.1) is 5.41 Å². The van der Waals surface area contributed by atoms with Gasteiger partial charge in [0.15, 0.2) is 0 Å². The first-order valence-corrected chi connectivity index (χ1v) is 4.91. The zero-order chi connectivity index (χ0) is 11.3. The molecule has 0 bridgehead atoms. The predicted molar refractivity (Wildman–Crippen MR) is 66.9 cm³/mol. The van der Waals surface area contributed by atoms with Gasteiger partial charge in [0.25, 0.3) is 0 Å². The van der Waals surface area contributed by atoms with Gasteiger partial charge in [0.05, 0.1) is 5.41 Å². The van der Waals surface area contributed by atoms with E-state index in [1.54, 1.807) is 19.9 Å². The van der Waals surface area contributed by atoms with E-state index in [1.165, 1.54) is 0 Å². The van der Waals surface area contributed by atoms with Crippen LogP contribution in [0.4, 0.5) is 0 Å². The summed E-state index contributed by atoms with van der Waals surface area (Å²) in [4.78, 5) is 11.6. The second kappa shape index (κ2) is 6.11. The molecular formula is C14H20O2. The third kappa shape index (κ3) is 3.89. The van der Waals surface area contributed by atoms with E-state index in [1.807, 2.05) is 30.3 Å². The maximum Gasteiger partial charge on any atom is 0.315 e. The third-order valence-electron chi connectivity index (χ3n) is 2.25. The number of hydrogen-bond donors (Lipinski definition) is 0. The van der Waals surface area contributed by atoms with Gasteiger partial charge in [-0.25, -0.2) is 0 Å². The number of hydrogen-bond acceptors (Lipinski definition) is 2. The first-order valence-electron chi connectivity index (χ1n) is 4.91. The Morgan fingerprint density at radius 3 is 2.44 bits per heavy atom. The molecule has 0 aliphatic rings. The Hall–Kier alpha value is -1.57. The van der Waals surface area contributed by atoms with Crippen molar-refractivity contribution in [2.24, 2.45) is 5.41 Å². The van der Waals surface area contributed by atoms with E-state index < -0.39 is 5.41 Å². The Balaban J connectivity index is 0.00000225. The van der Waals surface area contributed by atoms with Crippen molar-refractivity contribution < 1.29 is 9.53 Å². The average molecular weight is 220 g/mol. The Labute approximate surface area is 97.9 Å². The SMILES string of the molecule is C.C=CC(C)(C)C(=O)OCc1ccccc1. The molecule has 88 valence electrons. The van der Waals surface area contributed by atoms with E-state index in [4.69, 9.17) is 4.74 Å². The molecule has 0 N–H and O–H groups in total. The summed E-state index contributed by atoms with van der Waals surface area (Å²) in [6.07, 6.45) is 1.60. The van der Waals surface area contributed by atoms with Gasteiger partial charge >= 0.3 is 5.97 Å². The smallest absolute Gasteiger partial charge is 0.315 e. The maximum atomic E-state index is 11.6. The van der Waals surface area contributed by atoms with Crippen molar-refractivity contribution in [1.29, 1.82) is 0 Å². The molecule has 0 saturated carbocycles. The number of benzene rings is 1. The lowest BCUT2D eigenvalue weighted by molar-refractivity contribution is -0.152. The average Bonchev–Trinajstić information content (AvgIpc) is 2.27. The predicted octanol–water partition coefficient (Wildman–Crippen LogP) is 3.58. The minimum atomic E-state index is -0.616. The van der Waals surface area contributed by atoms with Crippen molar-refractivity contribution in [3.8, 4) is 0 Å². The van der Waals surface area contributed by atoms with Crippen LogP contribution in [0.15, 0.2) is 43.0 Å². The monoisotopic (exact) mass is 220 g/mol. The molecule has 0 amide bonds. The van der Waals surface area contributed by atoms with Crippen LogP contribution >= 0.6 is 0 Å². The van der Waals surface area contributed by atoms with E-state index in [9.17, 15) is 4.79 Å². The lowest BCUT2D eigenvalue weighted by Gasteiger charge is -2.17. The Morgan fingerprint density at radius 2 is 1.94 bits per heavy atom. The fourth-order valence-corrected chi connectivity index (χ4v) is 0.992. The summed E-state index contributed by atoms with van der Waals surface area (Å²) in [5, 5.41) is 0. The number of carbonyl (C=O) groups excluding carboxylic acids is 1. The molecule has 2 heteroatoms.